The van der Waals surface area contributed by atoms with Gasteiger partial charge in [-0.05, 0) is 12.5 Å². The van der Waals surface area contributed by atoms with Crippen LogP contribution in [-0.2, 0) is 4.74 Å². The van der Waals surface area contributed by atoms with Crippen molar-refractivity contribution in [2.75, 3.05) is 6.61 Å². The molecule has 0 atom stereocenters. The van der Waals surface area contributed by atoms with Crippen LogP contribution in [0, 0.1) is 0 Å². The van der Waals surface area contributed by atoms with Gasteiger partial charge in [-0.2, -0.15) is 0 Å². The van der Waals surface area contributed by atoms with Crippen molar-refractivity contribution in [1.82, 2.24) is 9.97 Å². The van der Waals surface area contributed by atoms with Crippen LogP contribution in [0.5, 0.6) is 0 Å². The smallest absolute Gasteiger partial charge is 0.354 e. The fraction of sp³-hybridized carbons (Fsp3) is 0.375. The van der Waals surface area contributed by atoms with E-state index in [1.807, 2.05) is 6.92 Å². The molecule has 0 fully saturated rings. The topological polar surface area (TPSA) is 72.0 Å². The van der Waals surface area contributed by atoms with Crippen LogP contribution in [0.4, 0.5) is 0 Å². The summed E-state index contributed by atoms with van der Waals surface area (Å²) >= 11 is 0. The average Bonchev–Trinajstić information content (AvgIpc) is 2.14. The molecular formula is C8H10N2O3. The summed E-state index contributed by atoms with van der Waals surface area (Å²) in [4.78, 5) is 27.5. The van der Waals surface area contributed by atoms with Gasteiger partial charge in [-0.25, -0.2) is 14.6 Å². The third-order valence-electron chi connectivity index (χ3n) is 1.33. The summed E-state index contributed by atoms with van der Waals surface area (Å²) in [7, 11) is 0. The van der Waals surface area contributed by atoms with E-state index in [4.69, 9.17) is 4.74 Å². The molecule has 0 bridgehead atoms. The predicted octanol–water partition coefficient (Wildman–Crippen LogP) is 0.337. The van der Waals surface area contributed by atoms with Crippen molar-refractivity contribution in [2.24, 2.45) is 0 Å². The first-order valence-electron chi connectivity index (χ1n) is 3.96. The average molecular weight is 182 g/mol. The van der Waals surface area contributed by atoms with Gasteiger partial charge < -0.3 is 4.74 Å². The summed E-state index contributed by atoms with van der Waals surface area (Å²) in [6, 6.07) is 1.40. The van der Waals surface area contributed by atoms with Gasteiger partial charge in [0.15, 0.2) is 0 Å². The minimum absolute atomic E-state index is 0.133. The van der Waals surface area contributed by atoms with Crippen LogP contribution in [0.1, 0.15) is 23.8 Å². The predicted molar refractivity (Wildman–Crippen MR) is 45.4 cm³/mol. The Balaban J connectivity index is 2.71. The maximum atomic E-state index is 11.1. The number of aromatic nitrogens is 2. The van der Waals surface area contributed by atoms with Crippen LogP contribution in [0.15, 0.2) is 17.1 Å². The largest absolute Gasteiger partial charge is 0.461 e. The van der Waals surface area contributed by atoms with Crippen LogP contribution in [0.3, 0.4) is 0 Å². The molecule has 0 aromatic carbocycles. The molecule has 1 aromatic rings. The molecule has 1 heterocycles. The molecule has 0 radical (unpaired) electrons. The second-order valence-electron chi connectivity index (χ2n) is 2.42. The van der Waals surface area contributed by atoms with Crippen LogP contribution in [0.2, 0.25) is 0 Å². The molecule has 0 aliphatic heterocycles. The summed E-state index contributed by atoms with van der Waals surface area (Å²) in [5.41, 5.74) is -0.417. The first kappa shape index (κ1) is 9.44. The molecule has 13 heavy (non-hydrogen) atoms. The summed E-state index contributed by atoms with van der Waals surface area (Å²) in [6.45, 7) is 2.24. The van der Waals surface area contributed by atoms with E-state index < -0.39 is 11.7 Å². The van der Waals surface area contributed by atoms with Gasteiger partial charge in [-0.3, -0.25) is 4.98 Å². The molecule has 0 saturated heterocycles. The number of hydrogen-bond acceptors (Lipinski definition) is 4. The van der Waals surface area contributed by atoms with Gasteiger partial charge in [0.25, 0.3) is 0 Å². The molecule has 0 unspecified atom stereocenters. The maximum Gasteiger partial charge on any atom is 0.354 e. The zero-order chi connectivity index (χ0) is 9.68. The summed E-state index contributed by atoms with van der Waals surface area (Å²) < 4.78 is 4.80. The molecule has 0 amide bonds. The van der Waals surface area contributed by atoms with E-state index in [-0.39, 0.29) is 5.69 Å². The monoisotopic (exact) mass is 182 g/mol. The number of nitrogens with zero attached hydrogens (tertiary/aromatic N) is 1. The first-order valence-corrected chi connectivity index (χ1v) is 3.96. The lowest BCUT2D eigenvalue weighted by atomic mass is 10.4. The number of aromatic amines is 1. The fourth-order valence-electron chi connectivity index (χ4n) is 0.760. The third-order valence-corrected chi connectivity index (χ3v) is 1.33. The molecule has 0 saturated carbocycles. The SMILES string of the molecule is CCCOC(=O)c1ccnc(=O)[nH]1. The van der Waals surface area contributed by atoms with Gasteiger partial charge in [0.2, 0.25) is 0 Å². The number of esters is 1. The Morgan fingerprint density at radius 3 is 3.08 bits per heavy atom. The lowest BCUT2D eigenvalue weighted by Gasteiger charge is -2.00. The van der Waals surface area contributed by atoms with Crippen molar-refractivity contribution in [3.63, 3.8) is 0 Å². The minimum atomic E-state index is -0.550. The Morgan fingerprint density at radius 1 is 1.69 bits per heavy atom. The lowest BCUT2D eigenvalue weighted by molar-refractivity contribution is 0.0497. The van der Waals surface area contributed by atoms with E-state index in [9.17, 15) is 9.59 Å². The molecule has 70 valence electrons. The number of ether oxygens (including phenoxy) is 1. The molecule has 0 aliphatic carbocycles. The summed E-state index contributed by atoms with van der Waals surface area (Å²) in [5.74, 6) is -0.527. The van der Waals surface area contributed by atoms with Gasteiger partial charge in [-0.1, -0.05) is 6.92 Å². The highest BCUT2D eigenvalue weighted by Crippen LogP contribution is 1.93. The summed E-state index contributed by atoms with van der Waals surface area (Å²) in [6.07, 6.45) is 2.02. The molecule has 0 aliphatic rings. The third kappa shape index (κ3) is 2.70. The fourth-order valence-corrected chi connectivity index (χ4v) is 0.760. The van der Waals surface area contributed by atoms with E-state index in [1.54, 1.807) is 0 Å². The van der Waals surface area contributed by atoms with Crippen molar-refractivity contribution in [3.05, 3.63) is 28.4 Å². The molecular weight excluding hydrogens is 172 g/mol. The van der Waals surface area contributed by atoms with Crippen LogP contribution >= 0.6 is 0 Å². The van der Waals surface area contributed by atoms with E-state index in [2.05, 4.69) is 9.97 Å². The van der Waals surface area contributed by atoms with Crippen LogP contribution < -0.4 is 5.69 Å². The van der Waals surface area contributed by atoms with Crippen molar-refractivity contribution in [2.45, 2.75) is 13.3 Å². The van der Waals surface area contributed by atoms with Crippen LogP contribution in [0.25, 0.3) is 0 Å². The Hall–Kier alpha value is -1.65. The van der Waals surface area contributed by atoms with Crippen molar-refractivity contribution in [3.8, 4) is 0 Å². The normalized spacial score (nSPS) is 9.62. The van der Waals surface area contributed by atoms with Crippen molar-refractivity contribution in [1.29, 1.82) is 0 Å². The number of hydrogen-bond donors (Lipinski definition) is 1. The Morgan fingerprint density at radius 2 is 2.46 bits per heavy atom. The van der Waals surface area contributed by atoms with Gasteiger partial charge >= 0.3 is 11.7 Å². The quantitative estimate of drug-likeness (QED) is 0.684. The Labute approximate surface area is 74.8 Å². The molecule has 5 heteroatoms. The molecule has 1 rings (SSSR count). The number of rotatable bonds is 3. The van der Waals surface area contributed by atoms with Gasteiger partial charge in [0, 0.05) is 6.20 Å². The molecule has 1 aromatic heterocycles. The number of carbonyl (C=O) groups is 1. The van der Waals surface area contributed by atoms with Gasteiger partial charge in [0.1, 0.15) is 5.69 Å². The van der Waals surface area contributed by atoms with E-state index in [0.29, 0.717) is 6.61 Å². The first-order chi connectivity index (χ1) is 6.24. The second-order valence-corrected chi connectivity index (χ2v) is 2.42. The molecule has 1 N–H and O–H groups in total. The molecule has 5 nitrogen and oxygen atoms in total. The lowest BCUT2D eigenvalue weighted by Crippen LogP contribution is -2.16. The Bertz CT molecular complexity index is 345. The van der Waals surface area contributed by atoms with E-state index >= 15 is 0 Å². The molecule has 0 spiro atoms. The Kier molecular flexibility index (Phi) is 3.19. The van der Waals surface area contributed by atoms with Gasteiger partial charge in [-0.15, -0.1) is 0 Å². The standard InChI is InChI=1S/C8H10N2O3/c1-2-5-13-7(11)6-3-4-9-8(12)10-6/h3-4H,2,5H2,1H3,(H,9,10,12). The van der Waals surface area contributed by atoms with Crippen LogP contribution in [-0.4, -0.2) is 22.5 Å². The van der Waals surface area contributed by atoms with E-state index in [1.165, 1.54) is 12.3 Å². The zero-order valence-corrected chi connectivity index (χ0v) is 7.24. The highest BCUT2D eigenvalue weighted by molar-refractivity contribution is 5.86. The maximum absolute atomic E-state index is 11.1. The minimum Gasteiger partial charge on any atom is -0.461 e. The van der Waals surface area contributed by atoms with Gasteiger partial charge in [0.05, 0.1) is 6.61 Å². The number of carbonyl (C=O) groups excluding carboxylic acids is 1. The highest BCUT2D eigenvalue weighted by Gasteiger charge is 2.06. The van der Waals surface area contributed by atoms with Crippen molar-refractivity contribution < 1.29 is 9.53 Å². The highest BCUT2D eigenvalue weighted by atomic mass is 16.5. The number of nitrogens with one attached hydrogen (secondary N) is 1. The number of H-pyrrole nitrogens is 1. The van der Waals surface area contributed by atoms with E-state index in [0.717, 1.165) is 6.42 Å². The van der Waals surface area contributed by atoms with Crippen molar-refractivity contribution >= 4 is 5.97 Å². The zero-order valence-electron chi connectivity index (χ0n) is 7.24. The second kappa shape index (κ2) is 4.39. The summed E-state index contributed by atoms with van der Waals surface area (Å²) in [5, 5.41) is 0.